The molecule has 2 saturated heterocycles. The summed E-state index contributed by atoms with van der Waals surface area (Å²) in [6.45, 7) is 0. The van der Waals surface area contributed by atoms with E-state index in [1.807, 2.05) is 0 Å². The molecule has 0 saturated carbocycles. The number of aliphatic hydroxyl groups excluding tert-OH is 1. The van der Waals surface area contributed by atoms with E-state index in [1.165, 1.54) is 12.5 Å². The van der Waals surface area contributed by atoms with Gasteiger partial charge >= 0.3 is 5.97 Å². The molecule has 96 valence electrons. The van der Waals surface area contributed by atoms with E-state index in [9.17, 15) is 15.0 Å². The highest BCUT2D eigenvalue weighted by molar-refractivity contribution is 5.93. The largest absolute Gasteiger partial charge is 0.477 e. The van der Waals surface area contributed by atoms with Crippen molar-refractivity contribution in [2.75, 3.05) is 4.90 Å². The maximum atomic E-state index is 11.2. The van der Waals surface area contributed by atoms with Crippen molar-refractivity contribution in [3.05, 3.63) is 18.1 Å². The standard InChI is InChI=1S/C12H15N3O3/c16-9-3-7-1-2-8(4-9)15(7)11-10(12(17)18)5-13-6-14-11/h5-9,16H,1-4H2,(H,17,18). The zero-order valence-corrected chi connectivity index (χ0v) is 9.86. The van der Waals surface area contributed by atoms with Gasteiger partial charge in [0.2, 0.25) is 0 Å². The van der Waals surface area contributed by atoms with E-state index in [0.717, 1.165) is 12.8 Å². The van der Waals surface area contributed by atoms with E-state index in [2.05, 4.69) is 14.9 Å². The summed E-state index contributed by atoms with van der Waals surface area (Å²) in [6.07, 6.45) is 5.82. The second-order valence-electron chi connectivity index (χ2n) is 4.98. The van der Waals surface area contributed by atoms with Gasteiger partial charge in [-0.2, -0.15) is 0 Å². The van der Waals surface area contributed by atoms with Gasteiger partial charge in [0.05, 0.1) is 6.10 Å². The molecule has 6 heteroatoms. The van der Waals surface area contributed by atoms with Crippen LogP contribution in [0.1, 0.15) is 36.0 Å². The van der Waals surface area contributed by atoms with E-state index < -0.39 is 5.97 Å². The molecule has 3 heterocycles. The number of carboxylic acids is 1. The minimum absolute atomic E-state index is 0.144. The zero-order valence-electron chi connectivity index (χ0n) is 9.86. The molecule has 3 rings (SSSR count). The molecule has 2 aliphatic heterocycles. The first-order valence-corrected chi connectivity index (χ1v) is 6.16. The number of nitrogens with zero attached hydrogens (tertiary/aromatic N) is 3. The van der Waals surface area contributed by atoms with Crippen molar-refractivity contribution in [2.24, 2.45) is 0 Å². The molecule has 1 aromatic heterocycles. The third kappa shape index (κ3) is 1.73. The Kier molecular flexibility index (Phi) is 2.66. The lowest BCUT2D eigenvalue weighted by molar-refractivity contribution is 0.0696. The number of piperidine rings is 1. The van der Waals surface area contributed by atoms with Crippen molar-refractivity contribution in [1.82, 2.24) is 9.97 Å². The molecule has 2 N–H and O–H groups in total. The lowest BCUT2D eigenvalue weighted by Crippen LogP contribution is -2.45. The minimum Gasteiger partial charge on any atom is -0.477 e. The van der Waals surface area contributed by atoms with Crippen LogP contribution >= 0.6 is 0 Å². The molecule has 0 radical (unpaired) electrons. The van der Waals surface area contributed by atoms with E-state index in [1.54, 1.807) is 0 Å². The number of hydrogen-bond acceptors (Lipinski definition) is 5. The summed E-state index contributed by atoms with van der Waals surface area (Å²) < 4.78 is 0. The van der Waals surface area contributed by atoms with Crippen molar-refractivity contribution in [2.45, 2.75) is 43.9 Å². The van der Waals surface area contributed by atoms with Gasteiger partial charge in [-0.05, 0) is 25.7 Å². The van der Waals surface area contributed by atoms with Gasteiger partial charge in [-0.1, -0.05) is 0 Å². The van der Waals surface area contributed by atoms with Gasteiger partial charge in [0.25, 0.3) is 0 Å². The number of aromatic nitrogens is 2. The highest BCUT2D eigenvalue weighted by Gasteiger charge is 2.42. The normalized spacial score (nSPS) is 30.5. The van der Waals surface area contributed by atoms with E-state index in [4.69, 9.17) is 0 Å². The molecule has 6 nitrogen and oxygen atoms in total. The van der Waals surface area contributed by atoms with Gasteiger partial charge in [0.15, 0.2) is 0 Å². The molecule has 0 amide bonds. The molecule has 2 aliphatic rings. The highest BCUT2D eigenvalue weighted by Crippen LogP contribution is 2.39. The number of rotatable bonds is 2. The van der Waals surface area contributed by atoms with Crippen molar-refractivity contribution < 1.29 is 15.0 Å². The molecular weight excluding hydrogens is 234 g/mol. The van der Waals surface area contributed by atoms with Gasteiger partial charge in [0, 0.05) is 18.3 Å². The van der Waals surface area contributed by atoms with E-state index >= 15 is 0 Å². The first kappa shape index (κ1) is 11.4. The second kappa shape index (κ2) is 4.20. The van der Waals surface area contributed by atoms with Crippen LogP contribution in [0.25, 0.3) is 0 Å². The Morgan fingerprint density at radius 2 is 2.00 bits per heavy atom. The van der Waals surface area contributed by atoms with Gasteiger partial charge in [-0.25, -0.2) is 14.8 Å². The maximum absolute atomic E-state index is 11.2. The average Bonchev–Trinajstić information content (AvgIpc) is 2.61. The number of anilines is 1. The SMILES string of the molecule is O=C(O)c1cncnc1N1C2CCC1CC(O)C2. The smallest absolute Gasteiger partial charge is 0.341 e. The van der Waals surface area contributed by atoms with E-state index in [-0.39, 0.29) is 23.8 Å². The van der Waals surface area contributed by atoms with Crippen LogP contribution in [-0.4, -0.2) is 44.3 Å². The molecule has 2 fully saturated rings. The Labute approximate surface area is 104 Å². The quantitative estimate of drug-likeness (QED) is 0.801. The lowest BCUT2D eigenvalue weighted by Gasteiger charge is -2.38. The van der Waals surface area contributed by atoms with Crippen LogP contribution in [-0.2, 0) is 0 Å². The average molecular weight is 249 g/mol. The van der Waals surface area contributed by atoms with Crippen molar-refractivity contribution in [3.63, 3.8) is 0 Å². The van der Waals surface area contributed by atoms with Crippen LogP contribution in [0.2, 0.25) is 0 Å². The Morgan fingerprint density at radius 3 is 2.61 bits per heavy atom. The molecule has 0 aromatic carbocycles. The van der Waals surface area contributed by atoms with Crippen LogP contribution < -0.4 is 4.90 Å². The van der Waals surface area contributed by atoms with Crippen molar-refractivity contribution >= 4 is 11.8 Å². The summed E-state index contributed by atoms with van der Waals surface area (Å²) in [5, 5.41) is 18.9. The zero-order chi connectivity index (χ0) is 12.7. The Hall–Kier alpha value is -1.69. The molecule has 2 atom stereocenters. The fourth-order valence-electron chi connectivity index (χ4n) is 3.17. The highest BCUT2D eigenvalue weighted by atomic mass is 16.4. The van der Waals surface area contributed by atoms with Crippen LogP contribution in [0.5, 0.6) is 0 Å². The van der Waals surface area contributed by atoms with Crippen LogP contribution in [0.3, 0.4) is 0 Å². The number of fused-ring (bicyclic) bond motifs is 2. The van der Waals surface area contributed by atoms with Crippen LogP contribution in [0.15, 0.2) is 12.5 Å². The minimum atomic E-state index is -1.00. The molecule has 0 aliphatic carbocycles. The molecule has 0 spiro atoms. The summed E-state index contributed by atoms with van der Waals surface area (Å²) >= 11 is 0. The van der Waals surface area contributed by atoms with Crippen LogP contribution in [0.4, 0.5) is 5.82 Å². The number of carboxylic acid groups (broad SMARTS) is 1. The second-order valence-corrected chi connectivity index (χ2v) is 4.98. The summed E-state index contributed by atoms with van der Waals surface area (Å²) in [5.41, 5.74) is 0.144. The monoisotopic (exact) mass is 249 g/mol. The summed E-state index contributed by atoms with van der Waals surface area (Å²) in [4.78, 5) is 21.2. The maximum Gasteiger partial charge on any atom is 0.341 e. The summed E-state index contributed by atoms with van der Waals surface area (Å²) in [5.74, 6) is -0.506. The summed E-state index contributed by atoms with van der Waals surface area (Å²) in [6, 6.07) is 0.401. The molecule has 18 heavy (non-hydrogen) atoms. The van der Waals surface area contributed by atoms with Gasteiger partial charge < -0.3 is 15.1 Å². The van der Waals surface area contributed by atoms with E-state index in [0.29, 0.717) is 18.7 Å². The Morgan fingerprint density at radius 1 is 1.33 bits per heavy atom. The third-order valence-electron chi connectivity index (χ3n) is 3.87. The first-order valence-electron chi connectivity index (χ1n) is 6.16. The topological polar surface area (TPSA) is 86.5 Å². The number of hydrogen-bond donors (Lipinski definition) is 2. The van der Waals surface area contributed by atoms with Gasteiger partial charge in [0.1, 0.15) is 17.7 Å². The van der Waals surface area contributed by atoms with Gasteiger partial charge in [-0.15, -0.1) is 0 Å². The molecular formula is C12H15N3O3. The van der Waals surface area contributed by atoms with Gasteiger partial charge in [-0.3, -0.25) is 0 Å². The Balaban J connectivity index is 1.99. The number of aliphatic hydroxyl groups is 1. The molecule has 2 unspecified atom stereocenters. The first-order chi connectivity index (χ1) is 8.66. The number of aromatic carboxylic acids is 1. The predicted octanol–water partition coefficient (Wildman–Crippen LogP) is 0.667. The number of carbonyl (C=O) groups is 1. The third-order valence-corrected chi connectivity index (χ3v) is 3.87. The van der Waals surface area contributed by atoms with Crippen molar-refractivity contribution in [1.29, 1.82) is 0 Å². The molecule has 1 aromatic rings. The summed E-state index contributed by atoms with van der Waals surface area (Å²) in [7, 11) is 0. The molecule has 2 bridgehead atoms. The fourth-order valence-corrected chi connectivity index (χ4v) is 3.17. The van der Waals surface area contributed by atoms with Crippen LogP contribution in [0, 0.1) is 0 Å². The van der Waals surface area contributed by atoms with Crippen molar-refractivity contribution in [3.8, 4) is 0 Å². The lowest BCUT2D eigenvalue weighted by atomic mass is 9.99. The fraction of sp³-hybridized carbons (Fsp3) is 0.583. The Bertz CT molecular complexity index is 465. The predicted molar refractivity (Wildman–Crippen MR) is 63.5 cm³/mol.